The molecular formula is C8H6F5NO. The summed E-state index contributed by atoms with van der Waals surface area (Å²) in [6.45, 7) is 0. The zero-order chi connectivity index (χ0) is 11.6. The molecule has 15 heavy (non-hydrogen) atoms. The van der Waals surface area contributed by atoms with Gasteiger partial charge in [0.2, 0.25) is 0 Å². The molecule has 2 nitrogen and oxygen atoms in total. The highest BCUT2D eigenvalue weighted by Gasteiger charge is 2.36. The number of aromatic nitrogens is 1. The number of methoxy groups -OCH3 is 1. The van der Waals surface area contributed by atoms with Crippen molar-refractivity contribution in [2.75, 3.05) is 7.11 Å². The molecule has 0 radical (unpaired) electrons. The number of alkyl halides is 5. The second-order valence-corrected chi connectivity index (χ2v) is 2.62. The minimum atomic E-state index is -4.72. The zero-order valence-electron chi connectivity index (χ0n) is 7.48. The molecule has 0 fully saturated rings. The summed E-state index contributed by atoms with van der Waals surface area (Å²) < 4.78 is 65.3. The fraction of sp³-hybridized carbons (Fsp3) is 0.375. The Balaban J connectivity index is 3.21. The highest BCUT2D eigenvalue weighted by molar-refractivity contribution is 5.33. The smallest absolute Gasteiger partial charge is 0.437 e. The SMILES string of the molecule is COc1cc(C(F)F)cnc1C(F)(F)F. The van der Waals surface area contributed by atoms with Gasteiger partial charge in [-0.2, -0.15) is 13.2 Å². The van der Waals surface area contributed by atoms with Gasteiger partial charge < -0.3 is 4.74 Å². The zero-order valence-corrected chi connectivity index (χ0v) is 7.48. The van der Waals surface area contributed by atoms with Gasteiger partial charge in [0.25, 0.3) is 6.43 Å². The van der Waals surface area contributed by atoms with Crippen molar-refractivity contribution in [3.05, 3.63) is 23.5 Å². The van der Waals surface area contributed by atoms with Crippen LogP contribution in [-0.2, 0) is 6.18 Å². The van der Waals surface area contributed by atoms with Crippen molar-refractivity contribution >= 4 is 0 Å². The molecule has 1 heterocycles. The van der Waals surface area contributed by atoms with Crippen LogP contribution in [-0.4, -0.2) is 12.1 Å². The van der Waals surface area contributed by atoms with Gasteiger partial charge in [0, 0.05) is 11.8 Å². The normalized spacial score (nSPS) is 11.9. The second kappa shape index (κ2) is 4.00. The summed E-state index contributed by atoms with van der Waals surface area (Å²) in [5.74, 6) is -0.708. The lowest BCUT2D eigenvalue weighted by atomic mass is 10.2. The quantitative estimate of drug-likeness (QED) is 0.724. The summed E-state index contributed by atoms with van der Waals surface area (Å²) in [4.78, 5) is 2.91. The Bertz CT molecular complexity index is 349. The van der Waals surface area contributed by atoms with Crippen molar-refractivity contribution < 1.29 is 26.7 Å². The molecule has 0 N–H and O–H groups in total. The Labute approximate surface area is 81.7 Å². The molecule has 1 aromatic rings. The van der Waals surface area contributed by atoms with Crippen LogP contribution < -0.4 is 4.74 Å². The first-order valence-electron chi connectivity index (χ1n) is 3.75. The highest BCUT2D eigenvalue weighted by Crippen LogP contribution is 2.35. The third kappa shape index (κ3) is 2.54. The molecule has 0 aromatic carbocycles. The lowest BCUT2D eigenvalue weighted by Gasteiger charge is -2.11. The van der Waals surface area contributed by atoms with Crippen LogP contribution in [0.4, 0.5) is 22.0 Å². The van der Waals surface area contributed by atoms with Gasteiger partial charge in [0.1, 0.15) is 5.75 Å². The van der Waals surface area contributed by atoms with Gasteiger partial charge in [0.15, 0.2) is 5.69 Å². The maximum atomic E-state index is 12.2. The van der Waals surface area contributed by atoms with E-state index in [1.807, 2.05) is 0 Å². The molecule has 84 valence electrons. The van der Waals surface area contributed by atoms with E-state index in [0.717, 1.165) is 7.11 Å². The number of hydrogen-bond acceptors (Lipinski definition) is 2. The minimum absolute atomic E-state index is 0.482. The van der Waals surface area contributed by atoms with Crippen molar-refractivity contribution in [2.45, 2.75) is 12.6 Å². The molecule has 1 rings (SSSR count). The summed E-state index contributed by atoms with van der Waals surface area (Å²) >= 11 is 0. The molecular weight excluding hydrogens is 221 g/mol. The van der Waals surface area contributed by atoms with Crippen LogP contribution in [0.25, 0.3) is 0 Å². The molecule has 0 bridgehead atoms. The number of ether oxygens (including phenoxy) is 1. The van der Waals surface area contributed by atoms with Crippen molar-refractivity contribution in [1.82, 2.24) is 4.98 Å². The predicted molar refractivity (Wildman–Crippen MR) is 40.7 cm³/mol. The first-order valence-corrected chi connectivity index (χ1v) is 3.75. The molecule has 0 amide bonds. The third-order valence-electron chi connectivity index (χ3n) is 1.61. The van der Waals surface area contributed by atoms with Crippen LogP contribution in [0.15, 0.2) is 12.3 Å². The van der Waals surface area contributed by atoms with E-state index in [1.54, 1.807) is 0 Å². The fourth-order valence-electron chi connectivity index (χ4n) is 0.948. The average Bonchev–Trinajstić information content (AvgIpc) is 2.15. The van der Waals surface area contributed by atoms with E-state index in [4.69, 9.17) is 0 Å². The molecule has 0 saturated carbocycles. The number of halogens is 5. The Kier molecular flexibility index (Phi) is 3.11. The fourth-order valence-corrected chi connectivity index (χ4v) is 0.948. The average molecular weight is 227 g/mol. The van der Waals surface area contributed by atoms with E-state index < -0.39 is 29.6 Å². The number of nitrogens with zero attached hydrogens (tertiary/aromatic N) is 1. The highest BCUT2D eigenvalue weighted by atomic mass is 19.4. The second-order valence-electron chi connectivity index (χ2n) is 2.62. The maximum Gasteiger partial charge on any atom is 0.437 e. The van der Waals surface area contributed by atoms with Crippen LogP contribution in [0.5, 0.6) is 5.75 Å². The topological polar surface area (TPSA) is 22.1 Å². The van der Waals surface area contributed by atoms with E-state index >= 15 is 0 Å². The van der Waals surface area contributed by atoms with Crippen LogP contribution in [0.3, 0.4) is 0 Å². The Hall–Kier alpha value is -1.40. The summed E-state index contributed by atoms with van der Waals surface area (Å²) in [7, 11) is 0.960. The molecule has 0 aliphatic carbocycles. The summed E-state index contributed by atoms with van der Waals surface area (Å²) in [5.41, 5.74) is -1.92. The number of hydrogen-bond donors (Lipinski definition) is 0. The van der Waals surface area contributed by atoms with Crippen molar-refractivity contribution in [2.24, 2.45) is 0 Å². The van der Waals surface area contributed by atoms with Crippen LogP contribution in [0.2, 0.25) is 0 Å². The van der Waals surface area contributed by atoms with Gasteiger partial charge in [-0.15, -0.1) is 0 Å². The molecule has 7 heteroatoms. The van der Waals surface area contributed by atoms with Gasteiger partial charge in [-0.1, -0.05) is 0 Å². The Morgan fingerprint density at radius 2 is 1.93 bits per heavy atom. The lowest BCUT2D eigenvalue weighted by Crippen LogP contribution is -2.10. The van der Waals surface area contributed by atoms with E-state index in [9.17, 15) is 22.0 Å². The molecule has 0 spiro atoms. The van der Waals surface area contributed by atoms with Crippen molar-refractivity contribution in [1.29, 1.82) is 0 Å². The van der Waals surface area contributed by atoms with Crippen LogP contribution in [0.1, 0.15) is 17.7 Å². The van der Waals surface area contributed by atoms with E-state index in [-0.39, 0.29) is 0 Å². The molecule has 0 aliphatic heterocycles. The van der Waals surface area contributed by atoms with Gasteiger partial charge in [0.05, 0.1) is 7.11 Å². The summed E-state index contributed by atoms with van der Waals surface area (Å²) in [6, 6.07) is 0.625. The summed E-state index contributed by atoms with van der Waals surface area (Å²) in [6.07, 6.45) is -7.11. The van der Waals surface area contributed by atoms with Gasteiger partial charge in [-0.3, -0.25) is 0 Å². The molecule has 0 atom stereocenters. The van der Waals surface area contributed by atoms with E-state index in [0.29, 0.717) is 12.3 Å². The predicted octanol–water partition coefficient (Wildman–Crippen LogP) is 3.05. The van der Waals surface area contributed by atoms with Crippen LogP contribution in [0, 0.1) is 0 Å². The van der Waals surface area contributed by atoms with Crippen molar-refractivity contribution in [3.63, 3.8) is 0 Å². The molecule has 0 aliphatic rings. The van der Waals surface area contributed by atoms with Crippen molar-refractivity contribution in [3.8, 4) is 5.75 Å². The largest absolute Gasteiger partial charge is 0.494 e. The standard InChI is InChI=1S/C8H6F5NO/c1-15-5-2-4(7(9)10)3-14-6(5)8(11,12)13/h2-3,7H,1H3. The number of rotatable bonds is 2. The minimum Gasteiger partial charge on any atom is -0.494 e. The van der Waals surface area contributed by atoms with Crippen LogP contribution >= 0.6 is 0 Å². The van der Waals surface area contributed by atoms with Gasteiger partial charge in [-0.25, -0.2) is 13.8 Å². The summed E-state index contributed by atoms with van der Waals surface area (Å²) in [5, 5.41) is 0. The van der Waals surface area contributed by atoms with E-state index in [1.165, 1.54) is 0 Å². The molecule has 0 unspecified atom stereocenters. The number of pyridine rings is 1. The molecule has 0 saturated heterocycles. The monoisotopic (exact) mass is 227 g/mol. The Morgan fingerprint density at radius 3 is 2.33 bits per heavy atom. The molecule has 1 aromatic heterocycles. The van der Waals surface area contributed by atoms with Gasteiger partial charge in [-0.05, 0) is 6.07 Å². The van der Waals surface area contributed by atoms with Gasteiger partial charge >= 0.3 is 6.18 Å². The van der Waals surface area contributed by atoms with E-state index in [2.05, 4.69) is 9.72 Å². The first-order chi connectivity index (χ1) is 6.86. The third-order valence-corrected chi connectivity index (χ3v) is 1.61. The Morgan fingerprint density at radius 1 is 1.33 bits per heavy atom. The lowest BCUT2D eigenvalue weighted by molar-refractivity contribution is -0.142. The maximum absolute atomic E-state index is 12.2. The first kappa shape index (κ1) is 11.7.